The fourth-order valence-electron chi connectivity index (χ4n) is 2.19. The maximum Gasteiger partial charge on any atom is 0.229 e. The average molecular weight is 299 g/mol. The Hall–Kier alpha value is -1.57. The molecule has 0 saturated carbocycles. The van der Waals surface area contributed by atoms with Crippen LogP contribution in [0.1, 0.15) is 13.8 Å². The van der Waals surface area contributed by atoms with Crippen molar-refractivity contribution in [2.75, 3.05) is 53.2 Å². The van der Waals surface area contributed by atoms with Gasteiger partial charge in [-0.25, -0.2) is 8.42 Å². The summed E-state index contributed by atoms with van der Waals surface area (Å²) >= 11 is 0. The first-order chi connectivity index (χ1) is 9.45. The Morgan fingerprint density at radius 2 is 1.85 bits per heavy atom. The van der Waals surface area contributed by atoms with Crippen LogP contribution in [0.2, 0.25) is 0 Å². The molecule has 2 rings (SSSR count). The van der Waals surface area contributed by atoms with Gasteiger partial charge >= 0.3 is 0 Å². The second-order valence-corrected chi connectivity index (χ2v) is 7.07. The molecular formula is C12H21N5O2S. The van der Waals surface area contributed by atoms with E-state index in [0.717, 1.165) is 13.1 Å². The molecule has 0 atom stereocenters. The maximum absolute atomic E-state index is 11.5. The number of rotatable bonds is 4. The monoisotopic (exact) mass is 299 g/mol. The molecule has 2 N–H and O–H groups in total. The van der Waals surface area contributed by atoms with E-state index in [1.807, 2.05) is 23.6 Å². The summed E-state index contributed by atoms with van der Waals surface area (Å²) in [5.41, 5.74) is 5.84. The number of sulfone groups is 1. The molecule has 1 aromatic rings. The van der Waals surface area contributed by atoms with E-state index in [2.05, 4.69) is 9.97 Å². The Kier molecular flexibility index (Phi) is 4.32. The van der Waals surface area contributed by atoms with Crippen LogP contribution in [-0.4, -0.2) is 56.1 Å². The third-order valence-electron chi connectivity index (χ3n) is 3.44. The van der Waals surface area contributed by atoms with Gasteiger partial charge in [-0.1, -0.05) is 0 Å². The van der Waals surface area contributed by atoms with E-state index in [0.29, 0.717) is 30.7 Å². The van der Waals surface area contributed by atoms with Crippen LogP contribution in [-0.2, 0) is 9.84 Å². The van der Waals surface area contributed by atoms with Gasteiger partial charge in [0.25, 0.3) is 0 Å². The van der Waals surface area contributed by atoms with Gasteiger partial charge in [-0.05, 0) is 13.8 Å². The van der Waals surface area contributed by atoms with Gasteiger partial charge < -0.3 is 15.5 Å². The zero-order valence-electron chi connectivity index (χ0n) is 11.9. The Morgan fingerprint density at radius 1 is 1.25 bits per heavy atom. The molecule has 1 aliphatic rings. The Balaban J connectivity index is 2.24. The van der Waals surface area contributed by atoms with E-state index < -0.39 is 9.84 Å². The maximum atomic E-state index is 11.5. The summed E-state index contributed by atoms with van der Waals surface area (Å²) < 4.78 is 22.9. The molecule has 0 radical (unpaired) electrons. The Bertz CT molecular complexity index is 557. The largest absolute Gasteiger partial charge is 0.383 e. The molecule has 0 spiro atoms. The van der Waals surface area contributed by atoms with E-state index in [9.17, 15) is 8.42 Å². The minimum absolute atomic E-state index is 0.164. The molecule has 20 heavy (non-hydrogen) atoms. The number of nitrogen functional groups attached to an aromatic ring is 1. The van der Waals surface area contributed by atoms with Crippen molar-refractivity contribution >= 4 is 27.4 Å². The van der Waals surface area contributed by atoms with Crippen LogP contribution in [0.15, 0.2) is 6.07 Å². The average Bonchev–Trinajstić information content (AvgIpc) is 2.39. The number of nitrogens with two attached hydrogens (primary N) is 1. The van der Waals surface area contributed by atoms with Crippen LogP contribution >= 0.6 is 0 Å². The number of aromatic nitrogens is 2. The molecule has 0 bridgehead atoms. The van der Waals surface area contributed by atoms with Gasteiger partial charge in [0.15, 0.2) is 9.84 Å². The molecule has 1 aliphatic heterocycles. The lowest BCUT2D eigenvalue weighted by atomic mass is 10.4. The summed E-state index contributed by atoms with van der Waals surface area (Å²) in [7, 11) is -2.90. The highest BCUT2D eigenvalue weighted by Crippen LogP contribution is 2.20. The van der Waals surface area contributed by atoms with Crippen molar-refractivity contribution in [2.45, 2.75) is 13.8 Å². The van der Waals surface area contributed by atoms with E-state index >= 15 is 0 Å². The van der Waals surface area contributed by atoms with Crippen LogP contribution in [0, 0.1) is 0 Å². The SMILES string of the molecule is CCN(CC)c1nc(N)cc(N2CCS(=O)(=O)CC2)n1. The molecule has 7 nitrogen and oxygen atoms in total. The van der Waals surface area contributed by atoms with Crippen LogP contribution in [0.3, 0.4) is 0 Å². The van der Waals surface area contributed by atoms with Crippen LogP contribution in [0.5, 0.6) is 0 Å². The zero-order chi connectivity index (χ0) is 14.8. The van der Waals surface area contributed by atoms with Crippen molar-refractivity contribution in [3.05, 3.63) is 6.07 Å². The second kappa shape index (κ2) is 5.82. The summed E-state index contributed by atoms with van der Waals surface area (Å²) in [5.74, 6) is 2.03. The fourth-order valence-corrected chi connectivity index (χ4v) is 3.39. The number of anilines is 3. The lowest BCUT2D eigenvalue weighted by Crippen LogP contribution is -2.41. The summed E-state index contributed by atoms with van der Waals surface area (Å²) in [4.78, 5) is 12.7. The molecule has 8 heteroatoms. The highest BCUT2D eigenvalue weighted by Gasteiger charge is 2.23. The van der Waals surface area contributed by atoms with Crippen molar-refractivity contribution in [1.82, 2.24) is 9.97 Å². The van der Waals surface area contributed by atoms with E-state index in [1.165, 1.54) is 0 Å². The topological polar surface area (TPSA) is 92.4 Å². The highest BCUT2D eigenvalue weighted by atomic mass is 32.2. The molecule has 0 aromatic carbocycles. The second-order valence-electron chi connectivity index (χ2n) is 4.76. The molecule has 1 aromatic heterocycles. The number of hydrogen-bond donors (Lipinski definition) is 1. The van der Waals surface area contributed by atoms with Crippen molar-refractivity contribution in [3.8, 4) is 0 Å². The first-order valence-electron chi connectivity index (χ1n) is 6.80. The van der Waals surface area contributed by atoms with E-state index in [-0.39, 0.29) is 11.5 Å². The molecular weight excluding hydrogens is 278 g/mol. The van der Waals surface area contributed by atoms with Crippen LogP contribution < -0.4 is 15.5 Å². The number of hydrogen-bond acceptors (Lipinski definition) is 7. The molecule has 1 saturated heterocycles. The Morgan fingerprint density at radius 3 is 2.40 bits per heavy atom. The lowest BCUT2D eigenvalue weighted by Gasteiger charge is -2.29. The normalized spacial score (nSPS) is 18.0. The minimum atomic E-state index is -2.90. The quantitative estimate of drug-likeness (QED) is 0.845. The standard InChI is InChI=1S/C12H21N5O2S/c1-3-16(4-2)12-14-10(13)9-11(15-12)17-5-7-20(18,19)8-6-17/h9H,3-8H2,1-2H3,(H2,13,14,15). The third kappa shape index (κ3) is 3.30. The van der Waals surface area contributed by atoms with Gasteiger partial charge in [-0.2, -0.15) is 9.97 Å². The predicted octanol–water partition coefficient (Wildman–Crippen LogP) is 0.140. The molecule has 1 fully saturated rings. The Labute approximate surface area is 119 Å². The third-order valence-corrected chi connectivity index (χ3v) is 5.04. The van der Waals surface area contributed by atoms with Gasteiger partial charge in [0, 0.05) is 32.2 Å². The molecule has 0 aliphatic carbocycles. The van der Waals surface area contributed by atoms with Gasteiger partial charge in [-0.3, -0.25) is 0 Å². The summed E-state index contributed by atoms with van der Waals surface area (Å²) in [6.45, 7) is 6.57. The van der Waals surface area contributed by atoms with Crippen molar-refractivity contribution < 1.29 is 8.42 Å². The highest BCUT2D eigenvalue weighted by molar-refractivity contribution is 7.91. The smallest absolute Gasteiger partial charge is 0.229 e. The van der Waals surface area contributed by atoms with Crippen molar-refractivity contribution in [1.29, 1.82) is 0 Å². The number of nitrogens with zero attached hydrogens (tertiary/aromatic N) is 4. The van der Waals surface area contributed by atoms with Gasteiger partial charge in [0.1, 0.15) is 11.6 Å². The zero-order valence-corrected chi connectivity index (χ0v) is 12.7. The molecule has 0 amide bonds. The molecule has 0 unspecified atom stereocenters. The van der Waals surface area contributed by atoms with E-state index in [4.69, 9.17) is 5.73 Å². The van der Waals surface area contributed by atoms with Crippen molar-refractivity contribution in [2.24, 2.45) is 0 Å². The lowest BCUT2D eigenvalue weighted by molar-refractivity contribution is 0.586. The summed E-state index contributed by atoms with van der Waals surface area (Å²) in [6.07, 6.45) is 0. The van der Waals surface area contributed by atoms with Gasteiger partial charge in [-0.15, -0.1) is 0 Å². The van der Waals surface area contributed by atoms with Gasteiger partial charge in [0.2, 0.25) is 5.95 Å². The first kappa shape index (κ1) is 14.8. The summed E-state index contributed by atoms with van der Waals surface area (Å²) in [6, 6.07) is 1.70. The minimum Gasteiger partial charge on any atom is -0.383 e. The summed E-state index contributed by atoms with van der Waals surface area (Å²) in [5, 5.41) is 0. The van der Waals surface area contributed by atoms with E-state index in [1.54, 1.807) is 6.07 Å². The fraction of sp³-hybridized carbons (Fsp3) is 0.667. The molecule has 2 heterocycles. The van der Waals surface area contributed by atoms with Crippen LogP contribution in [0.25, 0.3) is 0 Å². The first-order valence-corrected chi connectivity index (χ1v) is 8.62. The van der Waals surface area contributed by atoms with Gasteiger partial charge in [0.05, 0.1) is 11.5 Å². The van der Waals surface area contributed by atoms with Crippen LogP contribution in [0.4, 0.5) is 17.6 Å². The van der Waals surface area contributed by atoms with Crippen molar-refractivity contribution in [3.63, 3.8) is 0 Å². The predicted molar refractivity (Wildman–Crippen MR) is 80.9 cm³/mol. The molecule has 112 valence electrons.